The van der Waals surface area contributed by atoms with Crippen LogP contribution in [0, 0.1) is 0 Å². The zero-order chi connectivity index (χ0) is 13.2. The highest BCUT2D eigenvalue weighted by Crippen LogP contribution is 2.16. The lowest BCUT2D eigenvalue weighted by Crippen LogP contribution is -1.96. The number of benzene rings is 1. The van der Waals surface area contributed by atoms with Gasteiger partial charge in [0.15, 0.2) is 0 Å². The van der Waals surface area contributed by atoms with Crippen LogP contribution in [-0.2, 0) is 13.0 Å². The summed E-state index contributed by atoms with van der Waals surface area (Å²) >= 11 is 3.49. The van der Waals surface area contributed by atoms with Crippen molar-refractivity contribution in [2.24, 2.45) is 5.73 Å². The van der Waals surface area contributed by atoms with Crippen LogP contribution in [0.3, 0.4) is 0 Å². The van der Waals surface area contributed by atoms with Gasteiger partial charge in [-0.2, -0.15) is 0 Å². The molecule has 3 nitrogen and oxygen atoms in total. The van der Waals surface area contributed by atoms with Crippen LogP contribution in [0.4, 0.5) is 0 Å². The molecule has 0 saturated carbocycles. The van der Waals surface area contributed by atoms with E-state index in [4.69, 9.17) is 5.73 Å². The van der Waals surface area contributed by atoms with Crippen molar-refractivity contribution in [3.05, 3.63) is 70.1 Å². The van der Waals surface area contributed by atoms with Crippen molar-refractivity contribution in [3.63, 3.8) is 0 Å². The Morgan fingerprint density at radius 1 is 1.16 bits per heavy atom. The molecule has 0 amide bonds. The van der Waals surface area contributed by atoms with E-state index in [-0.39, 0.29) is 0 Å². The molecule has 2 heterocycles. The first-order chi connectivity index (χ1) is 9.24. The molecule has 0 saturated heterocycles. The van der Waals surface area contributed by atoms with Gasteiger partial charge in [-0.3, -0.25) is 0 Å². The average Bonchev–Trinajstić information content (AvgIpc) is 2.79. The molecule has 0 atom stereocenters. The van der Waals surface area contributed by atoms with Crippen LogP contribution in [0.1, 0.15) is 16.8 Å². The van der Waals surface area contributed by atoms with Crippen LogP contribution in [0.2, 0.25) is 0 Å². The van der Waals surface area contributed by atoms with Crippen molar-refractivity contribution in [3.8, 4) is 0 Å². The third-order valence-corrected chi connectivity index (χ3v) is 3.58. The standard InChI is InChI=1S/C15H14BrN3/c16-13-3-1-2-11(6-13)7-14-10-19-5-4-12(9-17)8-15(19)18-14/h1-6,8,10H,7,9,17H2. The molecule has 2 N–H and O–H groups in total. The highest BCUT2D eigenvalue weighted by molar-refractivity contribution is 9.10. The van der Waals surface area contributed by atoms with Crippen molar-refractivity contribution >= 4 is 21.6 Å². The summed E-state index contributed by atoms with van der Waals surface area (Å²) in [6, 6.07) is 12.4. The molecule has 2 aromatic heterocycles. The Morgan fingerprint density at radius 3 is 2.84 bits per heavy atom. The van der Waals surface area contributed by atoms with E-state index in [0.29, 0.717) is 6.54 Å². The van der Waals surface area contributed by atoms with Gasteiger partial charge in [0.25, 0.3) is 0 Å². The molecule has 96 valence electrons. The summed E-state index contributed by atoms with van der Waals surface area (Å²) in [6.07, 6.45) is 4.91. The lowest BCUT2D eigenvalue weighted by atomic mass is 10.1. The number of hydrogen-bond donors (Lipinski definition) is 1. The van der Waals surface area contributed by atoms with Crippen LogP contribution in [-0.4, -0.2) is 9.38 Å². The SMILES string of the molecule is NCc1ccn2cc(Cc3cccc(Br)c3)nc2c1. The fourth-order valence-electron chi connectivity index (χ4n) is 2.14. The Morgan fingerprint density at radius 2 is 2.05 bits per heavy atom. The summed E-state index contributed by atoms with van der Waals surface area (Å²) in [6.45, 7) is 0.546. The molecule has 1 aromatic carbocycles. The third-order valence-electron chi connectivity index (χ3n) is 3.08. The van der Waals surface area contributed by atoms with Gasteiger partial charge in [0.05, 0.1) is 5.69 Å². The molecule has 0 aliphatic rings. The summed E-state index contributed by atoms with van der Waals surface area (Å²) in [4.78, 5) is 4.64. The minimum Gasteiger partial charge on any atom is -0.326 e. The second-order valence-electron chi connectivity index (χ2n) is 4.54. The minimum absolute atomic E-state index is 0.546. The van der Waals surface area contributed by atoms with Gasteiger partial charge >= 0.3 is 0 Å². The Labute approximate surface area is 120 Å². The summed E-state index contributed by atoms with van der Waals surface area (Å²) in [5.74, 6) is 0. The van der Waals surface area contributed by atoms with Gasteiger partial charge in [-0.15, -0.1) is 0 Å². The van der Waals surface area contributed by atoms with Gasteiger partial charge in [-0.05, 0) is 35.4 Å². The van der Waals surface area contributed by atoms with Crippen molar-refractivity contribution in [1.82, 2.24) is 9.38 Å². The molecule has 0 aliphatic carbocycles. The van der Waals surface area contributed by atoms with E-state index in [9.17, 15) is 0 Å². The number of halogens is 1. The average molecular weight is 316 g/mol. The fraction of sp³-hybridized carbons (Fsp3) is 0.133. The van der Waals surface area contributed by atoms with Crippen LogP contribution < -0.4 is 5.73 Å². The zero-order valence-corrected chi connectivity index (χ0v) is 12.0. The maximum atomic E-state index is 5.65. The Kier molecular flexibility index (Phi) is 3.36. The highest BCUT2D eigenvalue weighted by atomic mass is 79.9. The first-order valence-electron chi connectivity index (χ1n) is 6.15. The van der Waals surface area contributed by atoms with Gasteiger partial charge in [-0.1, -0.05) is 28.1 Å². The molecule has 0 spiro atoms. The zero-order valence-electron chi connectivity index (χ0n) is 10.4. The molecule has 0 aliphatic heterocycles. The number of rotatable bonds is 3. The Hall–Kier alpha value is -1.65. The van der Waals surface area contributed by atoms with Crippen molar-refractivity contribution in [2.45, 2.75) is 13.0 Å². The molecule has 19 heavy (non-hydrogen) atoms. The van der Waals surface area contributed by atoms with Gasteiger partial charge in [0.1, 0.15) is 5.65 Å². The van der Waals surface area contributed by atoms with E-state index in [1.54, 1.807) is 0 Å². The monoisotopic (exact) mass is 315 g/mol. The summed E-state index contributed by atoms with van der Waals surface area (Å²) in [7, 11) is 0. The lowest BCUT2D eigenvalue weighted by molar-refractivity contribution is 1.05. The lowest BCUT2D eigenvalue weighted by Gasteiger charge is -1.98. The second kappa shape index (κ2) is 5.15. The van der Waals surface area contributed by atoms with E-state index < -0.39 is 0 Å². The smallest absolute Gasteiger partial charge is 0.137 e. The normalized spacial score (nSPS) is 11.1. The van der Waals surface area contributed by atoms with E-state index in [1.165, 1.54) is 5.56 Å². The topological polar surface area (TPSA) is 43.3 Å². The third kappa shape index (κ3) is 2.69. The molecule has 0 radical (unpaired) electrons. The maximum Gasteiger partial charge on any atom is 0.137 e. The van der Waals surface area contributed by atoms with E-state index in [2.05, 4.69) is 39.2 Å². The van der Waals surface area contributed by atoms with Crippen molar-refractivity contribution < 1.29 is 0 Å². The molecule has 3 rings (SSSR count). The first-order valence-corrected chi connectivity index (χ1v) is 6.95. The van der Waals surface area contributed by atoms with Crippen LogP contribution in [0.5, 0.6) is 0 Å². The first kappa shape index (κ1) is 12.4. The predicted molar refractivity (Wildman–Crippen MR) is 80.0 cm³/mol. The van der Waals surface area contributed by atoms with E-state index in [0.717, 1.165) is 27.8 Å². The molecule has 3 aromatic rings. The van der Waals surface area contributed by atoms with Gasteiger partial charge in [0.2, 0.25) is 0 Å². The van der Waals surface area contributed by atoms with E-state index in [1.807, 2.05) is 34.9 Å². The van der Waals surface area contributed by atoms with Gasteiger partial charge < -0.3 is 10.1 Å². The summed E-state index contributed by atoms with van der Waals surface area (Å²) < 4.78 is 3.13. The second-order valence-corrected chi connectivity index (χ2v) is 5.46. The molecule has 0 unspecified atom stereocenters. The molecule has 0 bridgehead atoms. The molecule has 0 fully saturated rings. The number of hydrogen-bond acceptors (Lipinski definition) is 2. The van der Waals surface area contributed by atoms with Gasteiger partial charge in [-0.25, -0.2) is 4.98 Å². The molecule has 4 heteroatoms. The number of imidazole rings is 1. The minimum atomic E-state index is 0.546. The quantitative estimate of drug-likeness (QED) is 0.807. The number of aromatic nitrogens is 2. The number of fused-ring (bicyclic) bond motifs is 1. The van der Waals surface area contributed by atoms with E-state index >= 15 is 0 Å². The highest BCUT2D eigenvalue weighted by Gasteiger charge is 2.04. The Balaban J connectivity index is 1.93. The van der Waals surface area contributed by atoms with Crippen molar-refractivity contribution in [1.29, 1.82) is 0 Å². The Bertz CT molecular complexity index is 718. The summed E-state index contributed by atoms with van der Waals surface area (Å²) in [5.41, 5.74) is 10.0. The maximum absolute atomic E-state index is 5.65. The van der Waals surface area contributed by atoms with Crippen LogP contribution >= 0.6 is 15.9 Å². The van der Waals surface area contributed by atoms with Crippen LogP contribution in [0.25, 0.3) is 5.65 Å². The molecular formula is C15H14BrN3. The number of nitrogens with zero attached hydrogens (tertiary/aromatic N) is 2. The van der Waals surface area contributed by atoms with Gasteiger partial charge in [0, 0.05) is 29.8 Å². The fourth-order valence-corrected chi connectivity index (χ4v) is 2.59. The summed E-state index contributed by atoms with van der Waals surface area (Å²) in [5, 5.41) is 0. The predicted octanol–water partition coefficient (Wildman–Crippen LogP) is 3.15. The number of pyridine rings is 1. The van der Waals surface area contributed by atoms with Crippen LogP contribution in [0.15, 0.2) is 53.3 Å². The largest absolute Gasteiger partial charge is 0.326 e. The molecular weight excluding hydrogens is 302 g/mol. The number of nitrogens with two attached hydrogens (primary N) is 1. The van der Waals surface area contributed by atoms with Crippen molar-refractivity contribution in [2.75, 3.05) is 0 Å².